The highest BCUT2D eigenvalue weighted by Gasteiger charge is 2.26. The highest BCUT2D eigenvalue weighted by atomic mass is 32.1. The second-order valence-electron chi connectivity index (χ2n) is 32.1. The standard InChI is InChI=1S/C58H36N4S.C57H34N4OS/c1-3-17-37(18-4-1)50-36-51(38-19-5-2-6-20-38)60-58(59-50)49-34-40(33-48-47-25-11-16-30-56(47)63-57(48)49)39-31-41(61-52-26-12-7-21-43(52)44-22-8-13-27-53(44)61)35-42(32-39)62-54-28-14-9-23-45(54)46-24-10-15-29-55(46)62;1-4-14-37(15-5-1)55-58-56(38-16-6-2-7-17-38)60-57(59-55)47-34-40(33-45-43-21-11-13-23-51(43)63-54(45)47)36-26-24-35(25-27-36)39-28-30-48-46(32-39)52-49(61(48)41-18-8-3-9-19-41)31-29-44-42-20-10-12-22-50(42)62-53(44)52/h1-36H;1-34H. The van der Waals surface area contributed by atoms with Gasteiger partial charge < -0.3 is 18.1 Å². The molecule has 8 heterocycles. The summed E-state index contributed by atoms with van der Waals surface area (Å²) in [4.78, 5) is 26.1. The Labute approximate surface area is 731 Å². The molecule has 588 valence electrons. The predicted molar refractivity (Wildman–Crippen MR) is 527 cm³/mol. The van der Waals surface area contributed by atoms with Crippen LogP contribution in [0.3, 0.4) is 0 Å². The van der Waals surface area contributed by atoms with Gasteiger partial charge in [0.15, 0.2) is 23.3 Å². The summed E-state index contributed by atoms with van der Waals surface area (Å²) < 4.78 is 18.7. The van der Waals surface area contributed by atoms with Gasteiger partial charge in [-0.2, -0.15) is 0 Å². The molecule has 0 bridgehead atoms. The lowest BCUT2D eigenvalue weighted by Gasteiger charge is -2.17. The van der Waals surface area contributed by atoms with E-state index in [0.29, 0.717) is 23.3 Å². The lowest BCUT2D eigenvalue weighted by atomic mass is 9.96. The van der Waals surface area contributed by atoms with Crippen LogP contribution in [-0.2, 0) is 0 Å². The van der Waals surface area contributed by atoms with E-state index in [1.807, 2.05) is 53.8 Å². The zero-order valence-corrected chi connectivity index (χ0v) is 69.3. The number of thiophene rings is 2. The second kappa shape index (κ2) is 29.8. The number of hydrogen-bond acceptors (Lipinski definition) is 8. The molecule has 0 N–H and O–H groups in total. The molecule has 0 amide bonds. The number of rotatable bonds is 12. The van der Waals surface area contributed by atoms with Gasteiger partial charge in [-0.05, 0) is 161 Å². The van der Waals surface area contributed by atoms with E-state index in [2.05, 4.69) is 396 Å². The van der Waals surface area contributed by atoms with Gasteiger partial charge in [0.25, 0.3) is 0 Å². The molecule has 0 saturated heterocycles. The van der Waals surface area contributed by atoms with Gasteiger partial charge in [-0.15, -0.1) is 22.7 Å². The van der Waals surface area contributed by atoms with E-state index >= 15 is 0 Å². The molecule has 9 nitrogen and oxygen atoms in total. The molecule has 26 aromatic rings. The maximum atomic E-state index is 6.66. The number of hydrogen-bond donors (Lipinski definition) is 0. The van der Waals surface area contributed by atoms with Gasteiger partial charge in [0.2, 0.25) is 0 Å². The van der Waals surface area contributed by atoms with E-state index in [1.54, 1.807) is 11.3 Å². The molecule has 0 radical (unpaired) electrons. The number of furan rings is 1. The van der Waals surface area contributed by atoms with E-state index in [0.717, 1.165) is 144 Å². The van der Waals surface area contributed by atoms with Gasteiger partial charge in [-0.3, -0.25) is 0 Å². The van der Waals surface area contributed by atoms with Crippen LogP contribution in [-0.4, -0.2) is 38.6 Å². The van der Waals surface area contributed by atoms with Gasteiger partial charge in [0.05, 0.1) is 49.9 Å². The average molecular weight is 1640 g/mol. The summed E-state index contributed by atoms with van der Waals surface area (Å²) in [6.45, 7) is 0. The SMILES string of the molecule is c1ccc(-c2cc(-c3ccccc3)nc(-c3cc(-c4cc(-n5c6ccccc6c6ccccc65)cc(-n5c6ccccc6c6ccccc65)c4)cc4c3sc3ccccc34)n2)cc1.c1ccc(-c2nc(-c3ccccc3)nc(-c3cc(-c4ccc(-c5ccc6c(c5)c5c7oc8ccccc8c7ccc5n6-c5ccccc5)cc4)cc4c3sc3ccccc34)n2)cc1. The molecule has 26 rings (SSSR count). The summed E-state index contributed by atoms with van der Waals surface area (Å²) in [7, 11) is 0. The fourth-order valence-corrected chi connectivity index (χ4v) is 21.3. The quantitative estimate of drug-likeness (QED) is 0.121. The zero-order chi connectivity index (χ0) is 82.9. The molecular weight excluding hydrogens is 1570 g/mol. The van der Waals surface area contributed by atoms with Gasteiger partial charge >= 0.3 is 0 Å². The molecule has 0 saturated carbocycles. The molecule has 0 atom stereocenters. The van der Waals surface area contributed by atoms with Crippen LogP contribution in [0.15, 0.2) is 429 Å². The van der Waals surface area contributed by atoms with Crippen molar-refractivity contribution in [3.05, 3.63) is 425 Å². The molecule has 18 aromatic carbocycles. The minimum absolute atomic E-state index is 0.647. The topological polar surface area (TPSA) is 92.4 Å². The third-order valence-electron chi connectivity index (χ3n) is 24.8. The van der Waals surface area contributed by atoms with E-state index in [-0.39, 0.29) is 0 Å². The molecule has 0 aliphatic rings. The second-order valence-corrected chi connectivity index (χ2v) is 34.2. The number of fused-ring (bicyclic) bond motifs is 19. The number of benzene rings is 18. The van der Waals surface area contributed by atoms with Gasteiger partial charge in [0.1, 0.15) is 11.2 Å². The van der Waals surface area contributed by atoms with Crippen LogP contribution >= 0.6 is 22.7 Å². The van der Waals surface area contributed by atoms with Crippen molar-refractivity contribution in [2.24, 2.45) is 0 Å². The summed E-state index contributed by atoms with van der Waals surface area (Å²) in [6, 6.07) is 151. The Morgan fingerprint density at radius 3 is 1.06 bits per heavy atom. The highest BCUT2D eigenvalue weighted by molar-refractivity contribution is 7.26. The predicted octanol–water partition coefficient (Wildman–Crippen LogP) is 31.3. The number of para-hydroxylation sites is 6. The summed E-state index contributed by atoms with van der Waals surface area (Å²) >= 11 is 3.59. The summed E-state index contributed by atoms with van der Waals surface area (Å²) in [5.74, 6) is 2.65. The Bertz CT molecular complexity index is 8480. The van der Waals surface area contributed by atoms with Crippen molar-refractivity contribution in [1.82, 2.24) is 38.6 Å². The van der Waals surface area contributed by atoms with E-state index in [9.17, 15) is 0 Å². The van der Waals surface area contributed by atoms with Gasteiger partial charge in [-0.1, -0.05) is 297 Å². The minimum atomic E-state index is 0.647. The van der Waals surface area contributed by atoms with E-state index in [1.165, 1.54) is 79.3 Å². The first-order chi connectivity index (χ1) is 62.4. The molecule has 0 aliphatic heterocycles. The van der Waals surface area contributed by atoms with Crippen LogP contribution < -0.4 is 0 Å². The van der Waals surface area contributed by atoms with E-state index < -0.39 is 0 Å². The molecule has 0 spiro atoms. The Balaban J connectivity index is 0.000000137. The van der Waals surface area contributed by atoms with Crippen molar-refractivity contribution < 1.29 is 4.42 Å². The number of aromatic nitrogens is 8. The van der Waals surface area contributed by atoms with Crippen molar-refractivity contribution in [2.45, 2.75) is 0 Å². The molecular formula is C115H70N8OS2. The Morgan fingerprint density at radius 2 is 0.556 bits per heavy atom. The van der Waals surface area contributed by atoms with Gasteiger partial charge in [-0.25, -0.2) is 24.9 Å². The average Bonchev–Trinajstić information content (AvgIpc) is 1.56. The Kier molecular flexibility index (Phi) is 17.1. The third-order valence-corrected chi connectivity index (χ3v) is 27.2. The maximum absolute atomic E-state index is 6.66. The normalized spacial score (nSPS) is 11.8. The van der Waals surface area contributed by atoms with Crippen molar-refractivity contribution in [3.63, 3.8) is 0 Å². The molecule has 0 fully saturated rings. The third kappa shape index (κ3) is 12.2. The molecule has 8 aromatic heterocycles. The van der Waals surface area contributed by atoms with Crippen molar-refractivity contribution >= 4 is 150 Å². The van der Waals surface area contributed by atoms with Crippen molar-refractivity contribution in [1.29, 1.82) is 0 Å². The van der Waals surface area contributed by atoms with Crippen LogP contribution in [0.5, 0.6) is 0 Å². The fourth-order valence-electron chi connectivity index (χ4n) is 18.9. The minimum Gasteiger partial charge on any atom is -0.455 e. The molecule has 0 unspecified atom stereocenters. The lowest BCUT2D eigenvalue weighted by molar-refractivity contribution is 0.673. The molecule has 11 heteroatoms. The molecule has 0 aliphatic carbocycles. The van der Waals surface area contributed by atoms with Crippen LogP contribution in [0.4, 0.5) is 0 Å². The van der Waals surface area contributed by atoms with Crippen LogP contribution in [0.25, 0.3) is 246 Å². The molecule has 126 heavy (non-hydrogen) atoms. The largest absolute Gasteiger partial charge is 0.455 e. The summed E-state index contributed by atoms with van der Waals surface area (Å²) in [6.07, 6.45) is 0. The Morgan fingerprint density at radius 1 is 0.198 bits per heavy atom. The first-order valence-electron chi connectivity index (χ1n) is 42.4. The summed E-state index contributed by atoms with van der Waals surface area (Å²) in [5, 5.41) is 14.3. The monoisotopic (exact) mass is 1640 g/mol. The van der Waals surface area contributed by atoms with Crippen molar-refractivity contribution in [2.75, 3.05) is 0 Å². The maximum Gasteiger partial charge on any atom is 0.165 e. The first-order valence-corrected chi connectivity index (χ1v) is 44.0. The highest BCUT2D eigenvalue weighted by Crippen LogP contribution is 2.49. The van der Waals surface area contributed by atoms with Crippen molar-refractivity contribution in [3.8, 4) is 119 Å². The lowest BCUT2D eigenvalue weighted by Crippen LogP contribution is -2.00. The first kappa shape index (κ1) is 72.5. The zero-order valence-electron chi connectivity index (χ0n) is 67.7. The number of nitrogens with zero attached hydrogens (tertiary/aromatic N) is 8. The van der Waals surface area contributed by atoms with Crippen LogP contribution in [0, 0.1) is 0 Å². The van der Waals surface area contributed by atoms with Crippen LogP contribution in [0.2, 0.25) is 0 Å². The van der Waals surface area contributed by atoms with Gasteiger partial charge in [0, 0.05) is 128 Å². The fraction of sp³-hybridized carbons (Fsp3) is 0. The van der Waals surface area contributed by atoms with E-state index in [4.69, 9.17) is 29.3 Å². The smallest absolute Gasteiger partial charge is 0.165 e. The van der Waals surface area contributed by atoms with Crippen LogP contribution in [0.1, 0.15) is 0 Å². The summed E-state index contributed by atoms with van der Waals surface area (Å²) in [5.41, 5.74) is 26.5. The Hall–Kier alpha value is -16.3.